The van der Waals surface area contributed by atoms with Crippen LogP contribution in [0.3, 0.4) is 0 Å². The maximum absolute atomic E-state index is 12.2. The lowest BCUT2D eigenvalue weighted by atomic mass is 10.2. The van der Waals surface area contributed by atoms with Gasteiger partial charge >= 0.3 is 0 Å². The third-order valence-electron chi connectivity index (χ3n) is 5.21. The van der Waals surface area contributed by atoms with Crippen LogP contribution in [0.4, 0.5) is 0 Å². The van der Waals surface area contributed by atoms with Crippen LogP contribution in [0.2, 0.25) is 10.0 Å². The molecule has 11 heteroatoms. The van der Waals surface area contributed by atoms with E-state index >= 15 is 0 Å². The van der Waals surface area contributed by atoms with E-state index in [1.54, 1.807) is 18.2 Å². The van der Waals surface area contributed by atoms with Crippen LogP contribution in [0.5, 0.6) is 17.2 Å². The number of hydrogen-bond acceptors (Lipinski definition) is 6. The van der Waals surface area contributed by atoms with E-state index in [1.807, 2.05) is 0 Å². The van der Waals surface area contributed by atoms with Gasteiger partial charge in [-0.05, 0) is 60.7 Å². The van der Waals surface area contributed by atoms with E-state index < -0.39 is 16.6 Å². The zero-order valence-corrected chi connectivity index (χ0v) is 19.9. The number of ether oxygens (including phenoxy) is 2. The first-order chi connectivity index (χ1) is 14.7. The Balaban J connectivity index is 1.45. The predicted octanol–water partition coefficient (Wildman–Crippen LogP) is 4.16. The quantitative estimate of drug-likeness (QED) is 0.479. The zero-order chi connectivity index (χ0) is 22.3. The summed E-state index contributed by atoms with van der Waals surface area (Å²) < 4.78 is 35.6. The Morgan fingerprint density at radius 2 is 1.97 bits per heavy atom. The largest absolute Gasteiger partial charge is 0.768 e. The molecule has 1 amide bonds. The monoisotopic (exact) mass is 547 g/mol. The summed E-state index contributed by atoms with van der Waals surface area (Å²) in [6, 6.07) is 7.79. The molecule has 2 fully saturated rings. The van der Waals surface area contributed by atoms with Gasteiger partial charge in [0.15, 0.2) is 5.75 Å². The highest BCUT2D eigenvalue weighted by Crippen LogP contribution is 2.43. The van der Waals surface area contributed by atoms with Gasteiger partial charge in [-0.15, -0.1) is 0 Å². The molecular formula is C20H18BrCl2N2O5S-. The smallest absolute Gasteiger partial charge is 0.240 e. The molecular weight excluding hydrogens is 531 g/mol. The summed E-state index contributed by atoms with van der Waals surface area (Å²) in [7, 11) is 0. The summed E-state index contributed by atoms with van der Waals surface area (Å²) in [4.78, 5) is 12.1. The normalized spacial score (nSPS) is 23.2. The molecule has 2 aromatic carbocycles. The third-order valence-corrected chi connectivity index (χ3v) is 6.90. The number of amides is 1. The molecule has 2 aliphatic rings. The van der Waals surface area contributed by atoms with Gasteiger partial charge in [-0.3, -0.25) is 9.00 Å². The van der Waals surface area contributed by atoms with E-state index in [4.69, 9.17) is 38.4 Å². The fourth-order valence-electron chi connectivity index (χ4n) is 3.12. The van der Waals surface area contributed by atoms with Gasteiger partial charge in [-0.1, -0.05) is 39.1 Å². The maximum atomic E-state index is 12.2. The van der Waals surface area contributed by atoms with Gasteiger partial charge in [0.2, 0.25) is 5.91 Å². The fraction of sp³-hybridized carbons (Fsp3) is 0.350. The molecule has 4 rings (SSSR count). The van der Waals surface area contributed by atoms with Crippen molar-refractivity contribution in [3.63, 3.8) is 0 Å². The molecule has 3 N–H and O–H groups in total. The minimum absolute atomic E-state index is 0.0902. The highest BCUT2D eigenvalue weighted by Gasteiger charge is 2.58. The van der Waals surface area contributed by atoms with Crippen LogP contribution in [0.1, 0.15) is 19.3 Å². The van der Waals surface area contributed by atoms with E-state index in [0.29, 0.717) is 10.9 Å². The molecule has 0 radical (unpaired) electrons. The minimum atomic E-state index is -2.58. The highest BCUT2D eigenvalue weighted by molar-refractivity contribution is 9.10. The van der Waals surface area contributed by atoms with E-state index in [9.17, 15) is 13.6 Å². The number of rotatable bonds is 8. The van der Waals surface area contributed by atoms with Gasteiger partial charge in [-0.25, -0.2) is 0 Å². The van der Waals surface area contributed by atoms with Gasteiger partial charge in [0.1, 0.15) is 17.0 Å². The summed E-state index contributed by atoms with van der Waals surface area (Å²) in [6.45, 7) is 0.128. The number of halogens is 3. The predicted molar refractivity (Wildman–Crippen MR) is 120 cm³/mol. The summed E-state index contributed by atoms with van der Waals surface area (Å²) >= 11 is 13.0. The molecule has 0 spiro atoms. The molecule has 0 aromatic heterocycles. The lowest BCUT2D eigenvalue weighted by molar-refractivity contribution is -0.123. The summed E-state index contributed by atoms with van der Waals surface area (Å²) in [5.41, 5.74) is 5.20. The van der Waals surface area contributed by atoms with Crippen molar-refractivity contribution in [2.45, 2.75) is 35.7 Å². The Labute approximate surface area is 200 Å². The van der Waals surface area contributed by atoms with E-state index in [-0.39, 0.29) is 56.7 Å². The SMILES string of the molecule is NC1(C(=O)NC2CC2)CC1COc1ccc(Oc2c(Cl)cc(Br)cc2Cl)cc1S(=O)[O-]. The molecule has 166 valence electrons. The van der Waals surface area contributed by atoms with Crippen molar-refractivity contribution < 1.29 is 23.0 Å². The van der Waals surface area contributed by atoms with Crippen molar-refractivity contribution in [1.29, 1.82) is 0 Å². The molecule has 3 unspecified atom stereocenters. The summed E-state index contributed by atoms with van der Waals surface area (Å²) in [5.74, 6) is 0.209. The lowest BCUT2D eigenvalue weighted by Gasteiger charge is -2.17. The Morgan fingerprint density at radius 3 is 2.58 bits per heavy atom. The first-order valence-corrected chi connectivity index (χ1v) is 12.1. The van der Waals surface area contributed by atoms with Crippen LogP contribution in [-0.2, 0) is 15.9 Å². The molecule has 2 saturated carbocycles. The number of carbonyl (C=O) groups is 1. The topological polar surface area (TPSA) is 114 Å². The van der Waals surface area contributed by atoms with Crippen LogP contribution in [0, 0.1) is 5.92 Å². The van der Waals surface area contributed by atoms with E-state index in [2.05, 4.69) is 21.2 Å². The number of hydrogen-bond donors (Lipinski definition) is 2. The maximum Gasteiger partial charge on any atom is 0.240 e. The molecule has 31 heavy (non-hydrogen) atoms. The Hall–Kier alpha value is -1.36. The number of carbonyl (C=O) groups excluding carboxylic acids is 1. The van der Waals surface area contributed by atoms with E-state index in [0.717, 1.165) is 12.8 Å². The van der Waals surface area contributed by atoms with E-state index in [1.165, 1.54) is 12.1 Å². The van der Waals surface area contributed by atoms with Crippen LogP contribution in [-0.4, -0.2) is 32.9 Å². The van der Waals surface area contributed by atoms with Crippen LogP contribution < -0.4 is 20.5 Å². The second-order valence-electron chi connectivity index (χ2n) is 7.64. The molecule has 0 saturated heterocycles. The molecule has 3 atom stereocenters. The van der Waals surface area contributed by atoms with Crippen LogP contribution in [0.15, 0.2) is 39.7 Å². The Bertz CT molecular complexity index is 1040. The van der Waals surface area contributed by atoms with Gasteiger partial charge < -0.3 is 25.1 Å². The van der Waals surface area contributed by atoms with Gasteiger partial charge in [0.25, 0.3) is 0 Å². The average molecular weight is 549 g/mol. The Morgan fingerprint density at radius 1 is 1.29 bits per heavy atom. The first kappa shape index (κ1) is 22.8. The molecule has 2 aliphatic carbocycles. The van der Waals surface area contributed by atoms with Gasteiger partial charge in [0.05, 0.1) is 21.5 Å². The number of benzene rings is 2. The number of nitrogens with two attached hydrogens (primary N) is 1. The molecule has 0 aliphatic heterocycles. The zero-order valence-electron chi connectivity index (χ0n) is 16.0. The standard InChI is InChI=1S/C20H19BrCl2N2O5S/c21-11-5-14(22)18(15(23)6-11)30-13-3-4-16(17(7-13)31(27)28)29-9-10-8-20(10,24)19(26)25-12-1-2-12/h3-7,10,12H,1-2,8-9,24H2,(H,25,26)(H,27,28)/p-1. The van der Waals surface area contributed by atoms with Crippen molar-refractivity contribution in [3.05, 3.63) is 44.8 Å². The van der Waals surface area contributed by atoms with Gasteiger partial charge in [-0.2, -0.15) is 0 Å². The molecule has 2 aromatic rings. The fourth-order valence-corrected chi connectivity index (χ4v) is 4.91. The van der Waals surface area contributed by atoms with Crippen LogP contribution in [0.25, 0.3) is 0 Å². The van der Waals surface area contributed by atoms with Crippen LogP contribution >= 0.6 is 39.1 Å². The minimum Gasteiger partial charge on any atom is -0.768 e. The highest BCUT2D eigenvalue weighted by atomic mass is 79.9. The molecule has 0 heterocycles. The third kappa shape index (κ3) is 5.18. The Kier molecular flexibility index (Phi) is 6.54. The second-order valence-corrected chi connectivity index (χ2v) is 10.3. The molecule has 0 bridgehead atoms. The van der Waals surface area contributed by atoms with Gasteiger partial charge in [0, 0.05) is 16.4 Å². The van der Waals surface area contributed by atoms with Crippen molar-refractivity contribution >= 4 is 56.1 Å². The summed E-state index contributed by atoms with van der Waals surface area (Å²) in [5, 5.41) is 3.43. The second kappa shape index (κ2) is 8.88. The molecule has 7 nitrogen and oxygen atoms in total. The number of nitrogens with one attached hydrogen (secondary N) is 1. The summed E-state index contributed by atoms with van der Waals surface area (Å²) in [6.07, 6.45) is 2.45. The first-order valence-electron chi connectivity index (χ1n) is 9.45. The lowest BCUT2D eigenvalue weighted by Crippen LogP contribution is -2.46. The van der Waals surface area contributed by atoms with Crippen molar-refractivity contribution in [2.24, 2.45) is 11.7 Å². The van der Waals surface area contributed by atoms with Crippen molar-refractivity contribution in [3.8, 4) is 17.2 Å². The van der Waals surface area contributed by atoms with Crippen molar-refractivity contribution in [2.75, 3.05) is 6.61 Å². The average Bonchev–Trinajstić information content (AvgIpc) is 3.61. The van der Waals surface area contributed by atoms with Crippen molar-refractivity contribution in [1.82, 2.24) is 5.32 Å².